The van der Waals surface area contributed by atoms with Crippen molar-refractivity contribution in [1.82, 2.24) is 15.2 Å². The topological polar surface area (TPSA) is 45.2 Å². The summed E-state index contributed by atoms with van der Waals surface area (Å²) in [5.41, 5.74) is 1.24. The molecular formula is C19H22FN3O. The largest absolute Gasteiger partial charge is 0.330 e. The molecule has 0 spiro atoms. The number of carbonyl (C=O) groups excluding carboxylic acids is 1. The lowest BCUT2D eigenvalue weighted by molar-refractivity contribution is 0.0642. The number of carbonyl (C=O) groups is 1. The van der Waals surface area contributed by atoms with Gasteiger partial charge in [0.25, 0.3) is 5.91 Å². The van der Waals surface area contributed by atoms with Crippen LogP contribution in [0.1, 0.15) is 35.3 Å². The van der Waals surface area contributed by atoms with Gasteiger partial charge in [-0.15, -0.1) is 0 Å². The van der Waals surface area contributed by atoms with Crippen molar-refractivity contribution < 1.29 is 9.18 Å². The highest BCUT2D eigenvalue weighted by Crippen LogP contribution is 2.19. The van der Waals surface area contributed by atoms with Gasteiger partial charge in [-0.05, 0) is 62.7 Å². The lowest BCUT2D eigenvalue weighted by Crippen LogP contribution is -2.40. The minimum atomic E-state index is -0.388. The van der Waals surface area contributed by atoms with E-state index in [4.69, 9.17) is 0 Å². The van der Waals surface area contributed by atoms with Crippen molar-refractivity contribution in [2.45, 2.75) is 31.8 Å². The molecule has 1 amide bonds. The maximum atomic E-state index is 13.5. The molecule has 5 heteroatoms. The monoisotopic (exact) mass is 327 g/mol. The Morgan fingerprint density at radius 3 is 2.92 bits per heavy atom. The number of benzene rings is 1. The van der Waals surface area contributed by atoms with Gasteiger partial charge in [-0.25, -0.2) is 4.39 Å². The molecule has 1 N–H and O–H groups in total. The standard InChI is InChI=1S/C19H22FN3O/c20-16-6-3-5-15(13-16)19(24)23(14-17-7-1-2-11-22-17)18-8-4-10-21-12-9-18/h1-3,5-7,11,13,18,21H,4,8-10,12,14H2. The van der Waals surface area contributed by atoms with Crippen LogP contribution in [0.15, 0.2) is 48.7 Å². The van der Waals surface area contributed by atoms with Crippen LogP contribution in [0.4, 0.5) is 4.39 Å². The minimum absolute atomic E-state index is 0.132. The Balaban J connectivity index is 1.86. The van der Waals surface area contributed by atoms with Gasteiger partial charge in [0.15, 0.2) is 0 Å². The summed E-state index contributed by atoms with van der Waals surface area (Å²) in [5, 5.41) is 3.37. The van der Waals surface area contributed by atoms with Crippen LogP contribution < -0.4 is 5.32 Å². The third-order valence-corrected chi connectivity index (χ3v) is 4.38. The first kappa shape index (κ1) is 16.6. The molecule has 1 aliphatic rings. The molecule has 1 saturated heterocycles. The Kier molecular flexibility index (Phi) is 5.54. The van der Waals surface area contributed by atoms with Crippen LogP contribution in [0.5, 0.6) is 0 Å². The lowest BCUT2D eigenvalue weighted by Gasteiger charge is -2.31. The number of hydrogen-bond donors (Lipinski definition) is 1. The highest BCUT2D eigenvalue weighted by molar-refractivity contribution is 5.94. The Labute approximate surface area is 141 Å². The number of nitrogens with one attached hydrogen (secondary N) is 1. The molecule has 0 radical (unpaired) electrons. The van der Waals surface area contributed by atoms with Gasteiger partial charge in [0, 0.05) is 17.8 Å². The maximum Gasteiger partial charge on any atom is 0.254 e. The van der Waals surface area contributed by atoms with Crippen molar-refractivity contribution in [3.05, 3.63) is 65.7 Å². The maximum absolute atomic E-state index is 13.5. The zero-order valence-electron chi connectivity index (χ0n) is 13.6. The van der Waals surface area contributed by atoms with Crippen LogP contribution in [-0.4, -0.2) is 34.9 Å². The van der Waals surface area contributed by atoms with Crippen LogP contribution in [0.25, 0.3) is 0 Å². The second-order valence-electron chi connectivity index (χ2n) is 6.10. The molecule has 1 aliphatic heterocycles. The van der Waals surface area contributed by atoms with Gasteiger partial charge in [0.2, 0.25) is 0 Å². The van der Waals surface area contributed by atoms with Crippen LogP contribution in [0.3, 0.4) is 0 Å². The average Bonchev–Trinajstić information content (AvgIpc) is 2.89. The molecule has 1 aromatic carbocycles. The molecule has 2 heterocycles. The van der Waals surface area contributed by atoms with Gasteiger partial charge in [-0.3, -0.25) is 9.78 Å². The normalized spacial score (nSPS) is 18.0. The molecule has 3 rings (SSSR count). The molecular weight excluding hydrogens is 305 g/mol. The lowest BCUT2D eigenvalue weighted by atomic mass is 10.0. The van der Waals surface area contributed by atoms with Crippen LogP contribution in [0, 0.1) is 5.82 Å². The number of aromatic nitrogens is 1. The molecule has 0 aliphatic carbocycles. The first-order valence-electron chi connectivity index (χ1n) is 8.41. The highest BCUT2D eigenvalue weighted by atomic mass is 19.1. The van der Waals surface area contributed by atoms with Gasteiger partial charge in [-0.1, -0.05) is 12.1 Å². The summed E-state index contributed by atoms with van der Waals surface area (Å²) >= 11 is 0. The third-order valence-electron chi connectivity index (χ3n) is 4.38. The fourth-order valence-corrected chi connectivity index (χ4v) is 3.13. The summed E-state index contributed by atoms with van der Waals surface area (Å²) in [6.07, 6.45) is 4.60. The zero-order valence-corrected chi connectivity index (χ0v) is 13.6. The van der Waals surface area contributed by atoms with Crippen LogP contribution >= 0.6 is 0 Å². The Morgan fingerprint density at radius 2 is 2.12 bits per heavy atom. The Bertz CT molecular complexity index is 669. The van der Waals surface area contributed by atoms with E-state index >= 15 is 0 Å². The molecule has 0 bridgehead atoms. The van der Waals surface area contributed by atoms with E-state index < -0.39 is 0 Å². The van der Waals surface area contributed by atoms with Crippen LogP contribution in [0.2, 0.25) is 0 Å². The molecule has 1 atom stereocenters. The van der Waals surface area contributed by atoms with Gasteiger partial charge in [0.05, 0.1) is 12.2 Å². The summed E-state index contributed by atoms with van der Waals surface area (Å²) in [6, 6.07) is 11.7. The quantitative estimate of drug-likeness (QED) is 0.939. The SMILES string of the molecule is O=C(c1cccc(F)c1)N(Cc1ccccn1)C1CCCNCC1. The highest BCUT2D eigenvalue weighted by Gasteiger charge is 2.26. The number of pyridine rings is 1. The Morgan fingerprint density at radius 1 is 1.21 bits per heavy atom. The molecule has 4 nitrogen and oxygen atoms in total. The molecule has 1 unspecified atom stereocenters. The first-order valence-corrected chi connectivity index (χ1v) is 8.41. The average molecular weight is 327 g/mol. The van der Waals surface area contributed by atoms with Crippen molar-refractivity contribution >= 4 is 5.91 Å². The van der Waals surface area contributed by atoms with E-state index in [1.165, 1.54) is 12.1 Å². The first-order chi connectivity index (χ1) is 11.7. The summed E-state index contributed by atoms with van der Waals surface area (Å²) < 4.78 is 13.5. The molecule has 2 aromatic rings. The van der Waals surface area contributed by atoms with Crippen molar-refractivity contribution in [2.24, 2.45) is 0 Å². The fraction of sp³-hybridized carbons (Fsp3) is 0.368. The van der Waals surface area contributed by atoms with E-state index in [0.717, 1.165) is 38.0 Å². The summed E-state index contributed by atoms with van der Waals surface area (Å²) in [4.78, 5) is 19.2. The number of halogens is 1. The molecule has 1 aromatic heterocycles. The van der Waals surface area contributed by atoms with Crippen molar-refractivity contribution in [2.75, 3.05) is 13.1 Å². The minimum Gasteiger partial charge on any atom is -0.330 e. The second-order valence-corrected chi connectivity index (χ2v) is 6.10. The zero-order chi connectivity index (χ0) is 16.8. The number of amides is 1. The Hall–Kier alpha value is -2.27. The second kappa shape index (κ2) is 8.02. The molecule has 1 fully saturated rings. The summed E-state index contributed by atoms with van der Waals surface area (Å²) in [7, 11) is 0. The van der Waals surface area contributed by atoms with E-state index in [0.29, 0.717) is 12.1 Å². The van der Waals surface area contributed by atoms with Crippen molar-refractivity contribution in [3.63, 3.8) is 0 Å². The van der Waals surface area contributed by atoms with Gasteiger partial charge in [0.1, 0.15) is 5.82 Å². The van der Waals surface area contributed by atoms with Crippen molar-refractivity contribution in [3.8, 4) is 0 Å². The van der Waals surface area contributed by atoms with E-state index in [2.05, 4.69) is 10.3 Å². The number of hydrogen-bond acceptors (Lipinski definition) is 3. The molecule has 126 valence electrons. The molecule has 24 heavy (non-hydrogen) atoms. The van der Waals surface area contributed by atoms with Crippen LogP contribution in [-0.2, 0) is 6.54 Å². The number of rotatable bonds is 4. The molecule has 0 saturated carbocycles. The van der Waals surface area contributed by atoms with E-state index in [-0.39, 0.29) is 17.8 Å². The summed E-state index contributed by atoms with van der Waals surface area (Å²) in [6.45, 7) is 2.31. The fourth-order valence-electron chi connectivity index (χ4n) is 3.13. The van der Waals surface area contributed by atoms with Gasteiger partial charge < -0.3 is 10.2 Å². The predicted molar refractivity (Wildman–Crippen MR) is 91.0 cm³/mol. The van der Waals surface area contributed by atoms with Gasteiger partial charge >= 0.3 is 0 Å². The van der Waals surface area contributed by atoms with E-state index in [1.807, 2.05) is 23.1 Å². The summed E-state index contributed by atoms with van der Waals surface area (Å²) in [5.74, 6) is -0.520. The predicted octanol–water partition coefficient (Wildman–Crippen LogP) is 3.01. The smallest absolute Gasteiger partial charge is 0.254 e. The van der Waals surface area contributed by atoms with E-state index in [9.17, 15) is 9.18 Å². The number of nitrogens with zero attached hydrogens (tertiary/aromatic N) is 2. The van der Waals surface area contributed by atoms with E-state index in [1.54, 1.807) is 18.3 Å². The van der Waals surface area contributed by atoms with Gasteiger partial charge in [-0.2, -0.15) is 0 Å². The third kappa shape index (κ3) is 4.17. The van der Waals surface area contributed by atoms with Crippen molar-refractivity contribution in [1.29, 1.82) is 0 Å².